The third-order valence-corrected chi connectivity index (χ3v) is 7.10. The lowest BCUT2D eigenvalue weighted by atomic mass is 10.0. The highest BCUT2D eigenvalue weighted by molar-refractivity contribution is 9.10. The molecule has 3 aromatic carbocycles. The van der Waals surface area contributed by atoms with Crippen molar-refractivity contribution >= 4 is 55.9 Å². The van der Waals surface area contributed by atoms with Crippen molar-refractivity contribution in [2.24, 2.45) is 0 Å². The van der Waals surface area contributed by atoms with E-state index in [1.54, 1.807) is 30.3 Å². The van der Waals surface area contributed by atoms with Crippen LogP contribution in [-0.4, -0.2) is 32.1 Å². The number of nitrogens with zero attached hydrogens (tertiary/aromatic N) is 2. The number of anilines is 1. The van der Waals surface area contributed by atoms with Gasteiger partial charge in [0, 0.05) is 43.5 Å². The predicted molar refractivity (Wildman–Crippen MR) is 153 cm³/mol. The second-order valence-corrected chi connectivity index (χ2v) is 10.0. The number of nitrogens with one attached hydrogen (secondary N) is 1. The van der Waals surface area contributed by atoms with Gasteiger partial charge >= 0.3 is 0 Å². The summed E-state index contributed by atoms with van der Waals surface area (Å²) in [6.07, 6.45) is 1.53. The van der Waals surface area contributed by atoms with E-state index in [1.807, 2.05) is 29.6 Å². The van der Waals surface area contributed by atoms with Crippen molar-refractivity contribution in [3.63, 3.8) is 0 Å². The minimum absolute atomic E-state index is 0.300. The van der Waals surface area contributed by atoms with Crippen LogP contribution in [0.4, 0.5) is 5.69 Å². The number of carbonyl (C=O) groups excluding carboxylic acids is 1. The van der Waals surface area contributed by atoms with Gasteiger partial charge in [-0.15, -0.1) is 11.3 Å². The van der Waals surface area contributed by atoms with Gasteiger partial charge in [0.1, 0.15) is 16.6 Å². The highest BCUT2D eigenvalue weighted by atomic mass is 79.9. The molecule has 10 heteroatoms. The SMILES string of the molecule is COc1cc(C(=O)c2cc(Cl)ccc2N/C=C(\C#N)c2nc(-c3cccc(Br)c3)cs2)cc(OC)c1OC. The van der Waals surface area contributed by atoms with Crippen molar-refractivity contribution in [2.45, 2.75) is 0 Å². The van der Waals surface area contributed by atoms with E-state index in [2.05, 4.69) is 32.3 Å². The third-order valence-electron chi connectivity index (χ3n) is 5.50. The van der Waals surface area contributed by atoms with Crippen molar-refractivity contribution in [3.05, 3.63) is 91.8 Å². The van der Waals surface area contributed by atoms with Crippen LogP contribution in [0.5, 0.6) is 17.2 Å². The molecule has 38 heavy (non-hydrogen) atoms. The Balaban J connectivity index is 1.67. The number of hydrogen-bond acceptors (Lipinski definition) is 8. The van der Waals surface area contributed by atoms with E-state index < -0.39 is 0 Å². The highest BCUT2D eigenvalue weighted by Crippen LogP contribution is 2.39. The lowest BCUT2D eigenvalue weighted by Gasteiger charge is -2.15. The van der Waals surface area contributed by atoms with Gasteiger partial charge in [0.2, 0.25) is 5.75 Å². The van der Waals surface area contributed by atoms with Crippen LogP contribution in [0.25, 0.3) is 16.8 Å². The predicted octanol–water partition coefficient (Wildman–Crippen LogP) is 7.46. The molecule has 0 saturated carbocycles. The standard InChI is InChI=1S/C28H21BrClN3O4S/c1-35-24-10-17(11-25(36-2)27(24)37-3)26(34)21-12-20(30)7-8-22(21)32-14-18(13-31)28-33-23(15-38-28)16-5-4-6-19(29)9-16/h4-12,14-15,32H,1-3H3/b18-14+. The summed E-state index contributed by atoms with van der Waals surface area (Å²) in [5.41, 5.74) is 3.09. The number of ketones is 1. The Morgan fingerprint density at radius 2 is 1.82 bits per heavy atom. The molecule has 0 atom stereocenters. The number of nitriles is 1. The topological polar surface area (TPSA) is 93.5 Å². The lowest BCUT2D eigenvalue weighted by molar-refractivity contribution is 0.103. The largest absolute Gasteiger partial charge is 0.493 e. The normalized spacial score (nSPS) is 11.0. The average Bonchev–Trinajstić information content (AvgIpc) is 3.43. The van der Waals surface area contributed by atoms with Crippen LogP contribution in [0, 0.1) is 11.3 Å². The molecular weight excluding hydrogens is 590 g/mol. The number of carbonyl (C=O) groups is 1. The molecule has 1 heterocycles. The van der Waals surface area contributed by atoms with Crippen LogP contribution in [0.2, 0.25) is 5.02 Å². The molecule has 0 aliphatic rings. The molecule has 1 N–H and O–H groups in total. The van der Waals surface area contributed by atoms with Crippen molar-refractivity contribution in [2.75, 3.05) is 26.6 Å². The molecule has 0 bridgehead atoms. The second kappa shape index (κ2) is 12.1. The number of hydrogen-bond donors (Lipinski definition) is 1. The Morgan fingerprint density at radius 1 is 1.08 bits per heavy atom. The average molecular weight is 611 g/mol. The molecule has 0 aliphatic heterocycles. The number of allylic oxidation sites excluding steroid dienone is 1. The number of methoxy groups -OCH3 is 3. The van der Waals surface area contributed by atoms with E-state index in [9.17, 15) is 10.1 Å². The Morgan fingerprint density at radius 3 is 2.45 bits per heavy atom. The molecule has 0 spiro atoms. The summed E-state index contributed by atoms with van der Waals surface area (Å²) in [4.78, 5) is 18.2. The monoisotopic (exact) mass is 609 g/mol. The molecule has 0 saturated heterocycles. The minimum atomic E-state index is -0.327. The van der Waals surface area contributed by atoms with Crippen LogP contribution >= 0.6 is 38.9 Å². The first kappa shape index (κ1) is 27.2. The van der Waals surface area contributed by atoms with E-state index in [1.165, 1.54) is 38.9 Å². The molecule has 192 valence electrons. The highest BCUT2D eigenvalue weighted by Gasteiger charge is 2.20. The van der Waals surface area contributed by atoms with Gasteiger partial charge in [-0.3, -0.25) is 4.79 Å². The Bertz CT molecular complexity index is 1550. The summed E-state index contributed by atoms with van der Waals surface area (Å²) in [6, 6.07) is 18.0. The number of rotatable bonds is 9. The first-order valence-corrected chi connectivity index (χ1v) is 13.2. The van der Waals surface area contributed by atoms with Gasteiger partial charge in [0.15, 0.2) is 17.3 Å². The van der Waals surface area contributed by atoms with Crippen LogP contribution in [-0.2, 0) is 0 Å². The van der Waals surface area contributed by atoms with Crippen molar-refractivity contribution in [3.8, 4) is 34.6 Å². The van der Waals surface area contributed by atoms with Crippen molar-refractivity contribution in [1.29, 1.82) is 5.26 Å². The zero-order chi connectivity index (χ0) is 27.2. The van der Waals surface area contributed by atoms with Gasteiger partial charge < -0.3 is 19.5 Å². The fourth-order valence-electron chi connectivity index (χ4n) is 3.67. The smallest absolute Gasteiger partial charge is 0.203 e. The van der Waals surface area contributed by atoms with E-state index in [0.29, 0.717) is 49.7 Å². The van der Waals surface area contributed by atoms with Crippen LogP contribution < -0.4 is 19.5 Å². The summed E-state index contributed by atoms with van der Waals surface area (Å²) in [5.74, 6) is 0.752. The van der Waals surface area contributed by atoms with Gasteiger partial charge in [-0.05, 0) is 42.5 Å². The van der Waals surface area contributed by atoms with E-state index in [0.717, 1.165) is 15.7 Å². The Labute approximate surface area is 237 Å². The molecule has 4 aromatic rings. The number of halogens is 2. The molecule has 0 unspecified atom stereocenters. The molecule has 0 amide bonds. The summed E-state index contributed by atoms with van der Waals surface area (Å²) in [7, 11) is 4.45. The molecule has 0 radical (unpaired) electrons. The van der Waals surface area contributed by atoms with Gasteiger partial charge in [0.05, 0.1) is 27.0 Å². The fourth-order valence-corrected chi connectivity index (χ4v) is 5.03. The maximum absolute atomic E-state index is 13.6. The molecule has 7 nitrogen and oxygen atoms in total. The van der Waals surface area contributed by atoms with Gasteiger partial charge in [-0.1, -0.05) is 39.7 Å². The maximum Gasteiger partial charge on any atom is 0.203 e. The molecule has 1 aromatic heterocycles. The van der Waals surface area contributed by atoms with Gasteiger partial charge in [-0.25, -0.2) is 4.98 Å². The molecule has 0 aliphatic carbocycles. The van der Waals surface area contributed by atoms with Crippen molar-refractivity contribution in [1.82, 2.24) is 4.98 Å². The number of aromatic nitrogens is 1. The van der Waals surface area contributed by atoms with E-state index in [-0.39, 0.29) is 5.78 Å². The van der Waals surface area contributed by atoms with Gasteiger partial charge in [0.25, 0.3) is 0 Å². The van der Waals surface area contributed by atoms with E-state index >= 15 is 0 Å². The zero-order valence-corrected chi connectivity index (χ0v) is 23.7. The Hall–Kier alpha value is -3.84. The quantitative estimate of drug-likeness (QED) is 0.155. The van der Waals surface area contributed by atoms with Gasteiger partial charge in [-0.2, -0.15) is 5.26 Å². The Kier molecular flexibility index (Phi) is 8.69. The first-order valence-electron chi connectivity index (χ1n) is 11.1. The second-order valence-electron chi connectivity index (χ2n) is 7.80. The lowest BCUT2D eigenvalue weighted by Crippen LogP contribution is -2.07. The minimum Gasteiger partial charge on any atom is -0.493 e. The van der Waals surface area contributed by atoms with Crippen LogP contribution in [0.3, 0.4) is 0 Å². The summed E-state index contributed by atoms with van der Waals surface area (Å²) in [5, 5.41) is 15.7. The van der Waals surface area contributed by atoms with Crippen LogP contribution in [0.15, 0.2) is 70.7 Å². The summed E-state index contributed by atoms with van der Waals surface area (Å²) in [6.45, 7) is 0. The zero-order valence-electron chi connectivity index (χ0n) is 20.5. The molecule has 4 rings (SSSR count). The number of thiazole rings is 1. The van der Waals surface area contributed by atoms with E-state index in [4.69, 9.17) is 25.8 Å². The maximum atomic E-state index is 13.6. The third kappa shape index (κ3) is 5.83. The summed E-state index contributed by atoms with van der Waals surface area (Å²) < 4.78 is 17.1. The van der Waals surface area contributed by atoms with Crippen LogP contribution in [0.1, 0.15) is 20.9 Å². The summed E-state index contributed by atoms with van der Waals surface area (Å²) >= 11 is 11.1. The fraction of sp³-hybridized carbons (Fsp3) is 0.107. The molecular formula is C28H21BrClN3O4S. The number of ether oxygens (including phenoxy) is 3. The van der Waals surface area contributed by atoms with Crippen molar-refractivity contribution < 1.29 is 19.0 Å². The molecule has 0 fully saturated rings. The number of benzene rings is 3. The first-order chi connectivity index (χ1) is 18.4.